The lowest BCUT2D eigenvalue weighted by Crippen LogP contribution is -2.33. The molecule has 0 fully saturated rings. The lowest BCUT2D eigenvalue weighted by Gasteiger charge is -2.22. The molecule has 0 radical (unpaired) electrons. The SMILES string of the molecule is Cc1ccc(OC(C)C(=O)OC(C)(C)C)c([N+](=O)[O-])c1. The standard InChI is InChI=1S/C14H19NO5/c1-9-6-7-12(11(8-9)15(17)18)19-10(2)13(16)20-14(3,4)5/h6-8,10H,1-5H3. The Hall–Kier alpha value is -2.11. The molecule has 1 atom stereocenters. The number of ether oxygens (including phenoxy) is 2. The van der Waals surface area contributed by atoms with E-state index in [1.807, 2.05) is 0 Å². The normalized spacial score (nSPS) is 12.7. The summed E-state index contributed by atoms with van der Waals surface area (Å²) in [5.41, 5.74) is -0.0529. The minimum absolute atomic E-state index is 0.0546. The molecule has 0 aliphatic carbocycles. The number of nitro benzene ring substituents is 1. The summed E-state index contributed by atoms with van der Waals surface area (Å²) in [6.45, 7) is 8.47. The van der Waals surface area contributed by atoms with Gasteiger partial charge in [0.2, 0.25) is 0 Å². The average molecular weight is 281 g/mol. The summed E-state index contributed by atoms with van der Waals surface area (Å²) < 4.78 is 10.5. The molecular formula is C14H19NO5. The van der Waals surface area contributed by atoms with Gasteiger partial charge in [0.05, 0.1) is 4.92 Å². The monoisotopic (exact) mass is 281 g/mol. The van der Waals surface area contributed by atoms with Crippen LogP contribution in [0.25, 0.3) is 0 Å². The van der Waals surface area contributed by atoms with E-state index in [4.69, 9.17) is 9.47 Å². The number of aryl methyl sites for hydroxylation is 1. The Kier molecular flexibility index (Phi) is 4.70. The summed E-state index contributed by atoms with van der Waals surface area (Å²) in [4.78, 5) is 22.2. The highest BCUT2D eigenvalue weighted by Gasteiger charge is 2.25. The van der Waals surface area contributed by atoms with E-state index in [9.17, 15) is 14.9 Å². The molecule has 0 aromatic heterocycles. The number of rotatable bonds is 4. The second-order valence-corrected chi connectivity index (χ2v) is 5.52. The third-order valence-corrected chi connectivity index (χ3v) is 2.35. The van der Waals surface area contributed by atoms with Crippen molar-refractivity contribution in [3.05, 3.63) is 33.9 Å². The van der Waals surface area contributed by atoms with E-state index in [2.05, 4.69) is 0 Å². The first-order valence-corrected chi connectivity index (χ1v) is 6.25. The number of carbonyl (C=O) groups is 1. The Morgan fingerprint density at radius 1 is 1.35 bits per heavy atom. The van der Waals surface area contributed by atoms with Crippen LogP contribution in [0.2, 0.25) is 0 Å². The first-order valence-electron chi connectivity index (χ1n) is 6.25. The van der Waals surface area contributed by atoms with E-state index in [0.29, 0.717) is 0 Å². The fraction of sp³-hybridized carbons (Fsp3) is 0.500. The predicted molar refractivity (Wildman–Crippen MR) is 73.8 cm³/mol. The number of carbonyl (C=O) groups excluding carboxylic acids is 1. The van der Waals surface area contributed by atoms with Gasteiger partial charge in [-0.25, -0.2) is 4.79 Å². The van der Waals surface area contributed by atoms with E-state index < -0.39 is 22.6 Å². The van der Waals surface area contributed by atoms with Crippen LogP contribution in [-0.4, -0.2) is 22.6 Å². The number of benzene rings is 1. The molecule has 1 aromatic carbocycles. The number of hydrogen-bond donors (Lipinski definition) is 0. The second kappa shape index (κ2) is 5.90. The first-order chi connectivity index (χ1) is 9.10. The van der Waals surface area contributed by atoms with Crippen LogP contribution in [0.5, 0.6) is 5.75 Å². The maximum atomic E-state index is 11.8. The van der Waals surface area contributed by atoms with Crippen molar-refractivity contribution in [2.45, 2.75) is 46.3 Å². The van der Waals surface area contributed by atoms with Crippen LogP contribution >= 0.6 is 0 Å². The highest BCUT2D eigenvalue weighted by atomic mass is 16.6. The molecule has 0 bridgehead atoms. The Morgan fingerprint density at radius 2 is 1.95 bits per heavy atom. The number of nitrogens with zero attached hydrogens (tertiary/aromatic N) is 1. The van der Waals surface area contributed by atoms with Gasteiger partial charge in [-0.3, -0.25) is 10.1 Å². The van der Waals surface area contributed by atoms with Gasteiger partial charge >= 0.3 is 11.7 Å². The topological polar surface area (TPSA) is 78.7 Å². The third-order valence-electron chi connectivity index (χ3n) is 2.35. The zero-order chi connectivity index (χ0) is 15.5. The van der Waals surface area contributed by atoms with Crippen molar-refractivity contribution in [1.29, 1.82) is 0 Å². The number of esters is 1. The van der Waals surface area contributed by atoms with Crippen molar-refractivity contribution in [3.8, 4) is 5.75 Å². The summed E-state index contributed by atoms with van der Waals surface area (Å²) in [6, 6.07) is 4.57. The quantitative estimate of drug-likeness (QED) is 0.481. The Labute approximate surface area is 117 Å². The van der Waals surface area contributed by atoms with Crippen molar-refractivity contribution in [2.24, 2.45) is 0 Å². The summed E-state index contributed by atoms with van der Waals surface area (Å²) >= 11 is 0. The van der Waals surface area contributed by atoms with Gasteiger partial charge in [0.15, 0.2) is 11.9 Å². The van der Waals surface area contributed by atoms with Crippen LogP contribution in [0.15, 0.2) is 18.2 Å². The highest BCUT2D eigenvalue weighted by Crippen LogP contribution is 2.28. The molecule has 1 rings (SSSR count). The third kappa shape index (κ3) is 4.53. The van der Waals surface area contributed by atoms with E-state index in [0.717, 1.165) is 5.56 Å². The number of hydrogen-bond acceptors (Lipinski definition) is 5. The minimum Gasteiger partial charge on any atom is -0.472 e. The molecule has 6 nitrogen and oxygen atoms in total. The fourth-order valence-corrected chi connectivity index (χ4v) is 1.49. The predicted octanol–water partition coefficient (Wildman–Crippen LogP) is 3.01. The van der Waals surface area contributed by atoms with Gasteiger partial charge in [0.1, 0.15) is 5.60 Å². The maximum Gasteiger partial charge on any atom is 0.347 e. The van der Waals surface area contributed by atoms with Crippen LogP contribution < -0.4 is 4.74 Å². The molecule has 0 heterocycles. The van der Waals surface area contributed by atoms with Gasteiger partial charge in [-0.2, -0.15) is 0 Å². The Bertz CT molecular complexity index is 519. The fourth-order valence-electron chi connectivity index (χ4n) is 1.49. The van der Waals surface area contributed by atoms with Crippen LogP contribution in [0, 0.1) is 17.0 Å². The largest absolute Gasteiger partial charge is 0.472 e. The van der Waals surface area contributed by atoms with E-state index >= 15 is 0 Å². The summed E-state index contributed by atoms with van der Waals surface area (Å²) in [7, 11) is 0. The molecule has 1 unspecified atom stereocenters. The van der Waals surface area contributed by atoms with Crippen LogP contribution in [0.3, 0.4) is 0 Å². The molecule has 0 aliphatic heterocycles. The van der Waals surface area contributed by atoms with Crippen molar-refractivity contribution in [1.82, 2.24) is 0 Å². The molecule has 0 amide bonds. The van der Waals surface area contributed by atoms with E-state index in [1.54, 1.807) is 33.8 Å². The molecule has 20 heavy (non-hydrogen) atoms. The van der Waals surface area contributed by atoms with Crippen molar-refractivity contribution < 1.29 is 19.2 Å². The lowest BCUT2D eigenvalue weighted by atomic mass is 10.2. The maximum absolute atomic E-state index is 11.8. The first kappa shape index (κ1) is 15.9. The molecule has 1 aromatic rings. The van der Waals surface area contributed by atoms with E-state index in [1.165, 1.54) is 19.1 Å². The summed E-state index contributed by atoms with van der Waals surface area (Å²) in [6.07, 6.45) is -0.921. The van der Waals surface area contributed by atoms with Crippen LogP contribution in [0.1, 0.15) is 33.3 Å². The molecule has 6 heteroatoms. The molecule has 110 valence electrons. The molecule has 0 aliphatic rings. The van der Waals surface area contributed by atoms with E-state index in [-0.39, 0.29) is 11.4 Å². The smallest absolute Gasteiger partial charge is 0.347 e. The Morgan fingerprint density at radius 3 is 2.45 bits per heavy atom. The highest BCUT2D eigenvalue weighted by molar-refractivity contribution is 5.75. The van der Waals surface area contributed by atoms with Crippen LogP contribution in [0.4, 0.5) is 5.69 Å². The molecule has 0 saturated carbocycles. The van der Waals surface area contributed by atoms with Gasteiger partial charge in [-0.05, 0) is 46.2 Å². The van der Waals surface area contributed by atoms with Crippen LogP contribution in [-0.2, 0) is 9.53 Å². The second-order valence-electron chi connectivity index (χ2n) is 5.52. The zero-order valence-corrected chi connectivity index (χ0v) is 12.3. The molecule has 0 N–H and O–H groups in total. The summed E-state index contributed by atoms with van der Waals surface area (Å²) in [5, 5.41) is 11.0. The zero-order valence-electron chi connectivity index (χ0n) is 12.3. The molecule has 0 saturated heterocycles. The van der Waals surface area contributed by atoms with Gasteiger partial charge in [-0.1, -0.05) is 6.07 Å². The minimum atomic E-state index is -0.921. The lowest BCUT2D eigenvalue weighted by molar-refractivity contribution is -0.386. The van der Waals surface area contributed by atoms with Gasteiger partial charge in [-0.15, -0.1) is 0 Å². The van der Waals surface area contributed by atoms with Gasteiger partial charge in [0, 0.05) is 6.07 Å². The number of nitro groups is 1. The van der Waals surface area contributed by atoms with Crippen molar-refractivity contribution >= 4 is 11.7 Å². The average Bonchev–Trinajstić information content (AvgIpc) is 2.28. The van der Waals surface area contributed by atoms with Gasteiger partial charge < -0.3 is 9.47 Å². The van der Waals surface area contributed by atoms with Crippen molar-refractivity contribution in [2.75, 3.05) is 0 Å². The molecular weight excluding hydrogens is 262 g/mol. The Balaban J connectivity index is 2.88. The summed E-state index contributed by atoms with van der Waals surface area (Å²) in [5.74, 6) is -0.508. The van der Waals surface area contributed by atoms with Gasteiger partial charge in [0.25, 0.3) is 0 Å². The molecule has 0 spiro atoms. The van der Waals surface area contributed by atoms with Crippen molar-refractivity contribution in [3.63, 3.8) is 0 Å².